The Morgan fingerprint density at radius 1 is 1.41 bits per heavy atom. The third-order valence-corrected chi connectivity index (χ3v) is 6.90. The smallest absolute Gasteiger partial charge is 0.320 e. The molecule has 1 aromatic carbocycles. The fraction of sp³-hybridized carbons (Fsp3) is 0.250. The van der Waals surface area contributed by atoms with Crippen LogP contribution in [0.2, 0.25) is 5.02 Å². The number of aromatic nitrogens is 1. The molecule has 0 unspecified atom stereocenters. The highest BCUT2D eigenvalue weighted by molar-refractivity contribution is 8.15. The number of aliphatic carboxylic acids is 1. The number of hydrogen-bond donors (Lipinski definition) is 2. The van der Waals surface area contributed by atoms with Crippen LogP contribution in [0.1, 0.15) is 30.2 Å². The summed E-state index contributed by atoms with van der Waals surface area (Å²) in [5, 5.41) is 10.1. The van der Waals surface area contributed by atoms with Gasteiger partial charge in [-0.1, -0.05) is 29.4 Å². The number of amidine groups is 1. The molecule has 29 heavy (non-hydrogen) atoms. The summed E-state index contributed by atoms with van der Waals surface area (Å²) in [6.07, 6.45) is 2.89. The maximum absolute atomic E-state index is 14.7. The second-order valence-electron chi connectivity index (χ2n) is 7.24. The van der Waals surface area contributed by atoms with Crippen molar-refractivity contribution in [1.82, 2.24) is 4.98 Å². The Bertz CT molecular complexity index is 1080. The molecule has 3 atom stereocenters. The molecule has 1 saturated carbocycles. The van der Waals surface area contributed by atoms with Crippen molar-refractivity contribution >= 4 is 46.4 Å². The molecule has 3 N–H and O–H groups in total. The van der Waals surface area contributed by atoms with Gasteiger partial charge >= 0.3 is 5.97 Å². The lowest BCUT2D eigenvalue weighted by Gasteiger charge is -2.33. The van der Waals surface area contributed by atoms with Gasteiger partial charge in [0.25, 0.3) is 0 Å². The number of rotatable bonds is 4. The van der Waals surface area contributed by atoms with Gasteiger partial charge in [0.1, 0.15) is 16.4 Å². The van der Waals surface area contributed by atoms with Gasteiger partial charge in [0, 0.05) is 17.7 Å². The van der Waals surface area contributed by atoms with E-state index in [1.165, 1.54) is 42.6 Å². The molecule has 1 fully saturated rings. The average Bonchev–Trinajstić information content (AvgIpc) is 3.40. The zero-order chi connectivity index (χ0) is 21.0. The van der Waals surface area contributed by atoms with Crippen LogP contribution in [0.15, 0.2) is 41.5 Å². The van der Waals surface area contributed by atoms with Crippen molar-refractivity contribution < 1.29 is 18.7 Å². The predicted octanol–water partition coefficient (Wildman–Crippen LogP) is 4.46. The largest absolute Gasteiger partial charge is 0.480 e. The first-order valence-corrected chi connectivity index (χ1v) is 9.92. The fourth-order valence-electron chi connectivity index (χ4n) is 3.81. The SMILES string of the molecule is C[C@]1(c2cc(/C=C(\F)c3ccc(Cl)cn3)ccc2F)N=C(N)S[C@@]2(C(=O)O)C[C@H]21. The fourth-order valence-corrected chi connectivity index (χ4v) is 5.24. The number of nitrogens with two attached hydrogens (primary N) is 1. The molecule has 4 rings (SSSR count). The lowest BCUT2D eigenvalue weighted by Crippen LogP contribution is -2.39. The number of aliphatic imine (C=N–C) groups is 1. The number of halogens is 3. The molecule has 0 bridgehead atoms. The number of fused-ring (bicyclic) bond motifs is 1. The number of thioether (sulfide) groups is 1. The minimum atomic E-state index is -1.16. The minimum absolute atomic E-state index is 0.0925. The molecule has 1 aromatic heterocycles. The molecular weight excluding hydrogens is 420 g/mol. The van der Waals surface area contributed by atoms with Crippen LogP contribution in [0.25, 0.3) is 11.9 Å². The second-order valence-corrected chi connectivity index (χ2v) is 9.03. The Balaban J connectivity index is 1.74. The van der Waals surface area contributed by atoms with E-state index >= 15 is 0 Å². The number of carboxylic acids is 1. The van der Waals surface area contributed by atoms with Gasteiger partial charge < -0.3 is 10.8 Å². The number of nitrogens with zero attached hydrogens (tertiary/aromatic N) is 2. The minimum Gasteiger partial charge on any atom is -0.480 e. The molecule has 0 spiro atoms. The summed E-state index contributed by atoms with van der Waals surface area (Å²) in [7, 11) is 0. The molecule has 2 aliphatic rings. The van der Waals surface area contributed by atoms with Crippen LogP contribution in [0.3, 0.4) is 0 Å². The Kier molecular flexibility index (Phi) is 4.66. The number of benzene rings is 1. The predicted molar refractivity (Wildman–Crippen MR) is 110 cm³/mol. The molecule has 0 radical (unpaired) electrons. The third kappa shape index (κ3) is 3.30. The van der Waals surface area contributed by atoms with Gasteiger partial charge in [-0.3, -0.25) is 14.8 Å². The molecule has 2 aromatic rings. The van der Waals surface area contributed by atoms with Gasteiger partial charge in [0.05, 0.1) is 16.3 Å². The summed E-state index contributed by atoms with van der Waals surface area (Å²) in [6.45, 7) is 1.66. The first-order chi connectivity index (χ1) is 13.7. The highest BCUT2D eigenvalue weighted by atomic mass is 35.5. The van der Waals surface area contributed by atoms with Crippen molar-refractivity contribution in [3.63, 3.8) is 0 Å². The Hall–Kier alpha value is -2.45. The number of hydrogen-bond acceptors (Lipinski definition) is 5. The van der Waals surface area contributed by atoms with Crippen LogP contribution in [-0.2, 0) is 10.3 Å². The average molecular weight is 436 g/mol. The summed E-state index contributed by atoms with van der Waals surface area (Å²) in [4.78, 5) is 20.1. The van der Waals surface area contributed by atoms with Gasteiger partial charge in [-0.15, -0.1) is 0 Å². The van der Waals surface area contributed by atoms with Crippen LogP contribution in [0.5, 0.6) is 0 Å². The second kappa shape index (κ2) is 6.81. The van der Waals surface area contributed by atoms with Crippen LogP contribution in [0.4, 0.5) is 8.78 Å². The van der Waals surface area contributed by atoms with E-state index in [-0.39, 0.29) is 16.4 Å². The summed E-state index contributed by atoms with van der Waals surface area (Å²) in [5.74, 6) is -2.57. The molecule has 5 nitrogen and oxygen atoms in total. The van der Waals surface area contributed by atoms with E-state index in [0.717, 1.165) is 11.8 Å². The van der Waals surface area contributed by atoms with Gasteiger partial charge in [-0.25, -0.2) is 8.78 Å². The van der Waals surface area contributed by atoms with Crippen molar-refractivity contribution in [2.45, 2.75) is 23.6 Å². The van der Waals surface area contributed by atoms with E-state index < -0.39 is 33.8 Å². The van der Waals surface area contributed by atoms with Gasteiger partial charge in [0.15, 0.2) is 5.17 Å². The van der Waals surface area contributed by atoms with Gasteiger partial charge in [-0.2, -0.15) is 0 Å². The number of carbonyl (C=O) groups is 1. The molecule has 1 aliphatic carbocycles. The van der Waals surface area contributed by atoms with Crippen molar-refractivity contribution in [2.75, 3.05) is 0 Å². The monoisotopic (exact) mass is 435 g/mol. The van der Waals surface area contributed by atoms with E-state index in [9.17, 15) is 18.7 Å². The highest BCUT2D eigenvalue weighted by Crippen LogP contribution is 2.66. The number of pyridine rings is 1. The Labute approximate surface area is 174 Å². The summed E-state index contributed by atoms with van der Waals surface area (Å²) in [6, 6.07) is 7.08. The molecule has 2 heterocycles. The molecule has 1 aliphatic heterocycles. The van der Waals surface area contributed by atoms with E-state index in [0.29, 0.717) is 17.0 Å². The normalized spacial score (nSPS) is 28.5. The molecule has 0 amide bonds. The van der Waals surface area contributed by atoms with Crippen LogP contribution < -0.4 is 5.73 Å². The van der Waals surface area contributed by atoms with E-state index in [4.69, 9.17) is 17.3 Å². The number of carboxylic acid groups (broad SMARTS) is 1. The first kappa shape index (κ1) is 19.8. The van der Waals surface area contributed by atoms with Crippen molar-refractivity contribution in [2.24, 2.45) is 16.6 Å². The zero-order valence-electron chi connectivity index (χ0n) is 15.2. The van der Waals surface area contributed by atoms with Gasteiger partial charge in [0.2, 0.25) is 0 Å². The Morgan fingerprint density at radius 3 is 2.83 bits per heavy atom. The lowest BCUT2D eigenvalue weighted by atomic mass is 9.85. The van der Waals surface area contributed by atoms with Crippen LogP contribution in [-0.4, -0.2) is 26.0 Å². The quantitative estimate of drug-likeness (QED) is 0.740. The van der Waals surface area contributed by atoms with E-state index in [1.54, 1.807) is 6.92 Å². The van der Waals surface area contributed by atoms with Crippen molar-refractivity contribution in [3.05, 3.63) is 64.2 Å². The van der Waals surface area contributed by atoms with Crippen molar-refractivity contribution in [3.8, 4) is 0 Å². The summed E-state index contributed by atoms with van der Waals surface area (Å²) < 4.78 is 28.2. The molecule has 0 saturated heterocycles. The molecule has 150 valence electrons. The highest BCUT2D eigenvalue weighted by Gasteiger charge is 2.71. The van der Waals surface area contributed by atoms with E-state index in [1.807, 2.05) is 0 Å². The Morgan fingerprint density at radius 2 is 2.17 bits per heavy atom. The summed E-state index contributed by atoms with van der Waals surface area (Å²) in [5.41, 5.74) is 5.39. The standard InChI is InChI=1S/C20H16ClF2N3O2S/c1-19(16-8-20(16,17(27)28)29-18(24)26-19)12-6-10(2-4-13(12)22)7-14(23)15-5-3-11(21)9-25-15/h2-7,9,16H,8H2,1H3,(H2,24,26)(H,27,28)/b14-7-/t16-,19+,20-/m0/s1. The lowest BCUT2D eigenvalue weighted by molar-refractivity contribution is -0.137. The maximum Gasteiger partial charge on any atom is 0.320 e. The van der Waals surface area contributed by atoms with E-state index in [2.05, 4.69) is 9.98 Å². The topological polar surface area (TPSA) is 88.6 Å². The van der Waals surface area contributed by atoms with Gasteiger partial charge in [-0.05, 0) is 49.2 Å². The zero-order valence-corrected chi connectivity index (χ0v) is 16.8. The van der Waals surface area contributed by atoms with Crippen LogP contribution in [0, 0.1) is 11.7 Å². The molecular formula is C20H16ClF2N3O2S. The van der Waals surface area contributed by atoms with Crippen LogP contribution >= 0.6 is 23.4 Å². The maximum atomic E-state index is 14.7. The molecule has 9 heteroatoms. The third-order valence-electron chi connectivity index (χ3n) is 5.38. The summed E-state index contributed by atoms with van der Waals surface area (Å²) >= 11 is 6.77. The first-order valence-electron chi connectivity index (χ1n) is 8.72. The van der Waals surface area contributed by atoms with Crippen molar-refractivity contribution in [1.29, 1.82) is 0 Å².